The predicted octanol–water partition coefficient (Wildman–Crippen LogP) is 8.14. The highest BCUT2D eigenvalue weighted by Gasteiger charge is 2.08. The second-order valence-corrected chi connectivity index (χ2v) is 9.37. The Morgan fingerprint density at radius 1 is 0.395 bits per heavy atom. The normalized spacial score (nSPS) is 10.6. The van der Waals surface area contributed by atoms with Crippen LogP contribution in [0, 0.1) is 13.8 Å². The second-order valence-electron chi connectivity index (χ2n) is 9.37. The summed E-state index contributed by atoms with van der Waals surface area (Å²) in [6.45, 7) is 4.00. The third-order valence-electron chi connectivity index (χ3n) is 6.46. The Kier molecular flexibility index (Phi) is 7.14. The summed E-state index contributed by atoms with van der Waals surface area (Å²) in [6.07, 6.45) is 0. The molecule has 0 fully saturated rings. The van der Waals surface area contributed by atoms with Crippen molar-refractivity contribution in [3.63, 3.8) is 0 Å². The van der Waals surface area contributed by atoms with Crippen LogP contribution in [-0.2, 0) is 0 Å². The number of amides is 2. The highest BCUT2D eigenvalue weighted by Crippen LogP contribution is 2.27. The van der Waals surface area contributed by atoms with Gasteiger partial charge in [0.25, 0.3) is 11.8 Å². The van der Waals surface area contributed by atoms with Crippen LogP contribution in [-0.4, -0.2) is 11.8 Å². The Morgan fingerprint density at radius 3 is 0.947 bits per heavy atom. The fourth-order valence-electron chi connectivity index (χ4n) is 4.16. The van der Waals surface area contributed by atoms with Gasteiger partial charge in [-0.1, -0.05) is 83.9 Å². The first-order valence-corrected chi connectivity index (χ1v) is 12.5. The molecule has 5 rings (SSSR count). The Balaban J connectivity index is 1.21. The third kappa shape index (κ3) is 5.88. The molecule has 0 spiro atoms. The standard InChI is InChI=1S/C34H28N2O2/c1-23-3-7-29(8-4-23)33(37)35-31-19-15-27(16-20-31)25-11-13-26(14-12-25)28-17-21-32(22-18-28)36-34(38)30-9-5-24(2)6-10-30/h3-22H,1-2H3,(H,35,37)(H,36,38). The zero-order valence-electron chi connectivity index (χ0n) is 21.4. The van der Waals surface area contributed by atoms with E-state index in [0.717, 1.165) is 44.8 Å². The molecule has 0 aromatic heterocycles. The maximum atomic E-state index is 12.5. The summed E-state index contributed by atoms with van der Waals surface area (Å²) in [5.74, 6) is -0.245. The van der Waals surface area contributed by atoms with Crippen molar-refractivity contribution in [1.29, 1.82) is 0 Å². The summed E-state index contributed by atoms with van der Waals surface area (Å²) < 4.78 is 0. The van der Waals surface area contributed by atoms with E-state index in [2.05, 4.69) is 34.9 Å². The molecule has 5 aromatic rings. The molecule has 0 aliphatic carbocycles. The number of anilines is 2. The van der Waals surface area contributed by atoms with Gasteiger partial charge in [0.15, 0.2) is 0 Å². The number of rotatable bonds is 6. The van der Waals surface area contributed by atoms with E-state index in [4.69, 9.17) is 0 Å². The molecule has 0 bridgehead atoms. The van der Waals surface area contributed by atoms with E-state index in [9.17, 15) is 9.59 Å². The fourth-order valence-corrected chi connectivity index (χ4v) is 4.16. The molecule has 0 aliphatic heterocycles. The number of hydrogen-bond acceptors (Lipinski definition) is 2. The van der Waals surface area contributed by atoms with Gasteiger partial charge in [-0.15, -0.1) is 0 Å². The molecule has 0 heterocycles. The lowest BCUT2D eigenvalue weighted by molar-refractivity contribution is 0.101. The highest BCUT2D eigenvalue weighted by atomic mass is 16.2. The van der Waals surface area contributed by atoms with E-state index in [1.54, 1.807) is 0 Å². The largest absolute Gasteiger partial charge is 0.322 e. The van der Waals surface area contributed by atoms with Crippen molar-refractivity contribution in [2.75, 3.05) is 10.6 Å². The van der Waals surface area contributed by atoms with Gasteiger partial charge in [-0.3, -0.25) is 9.59 Å². The van der Waals surface area contributed by atoms with Crippen molar-refractivity contribution in [2.24, 2.45) is 0 Å². The van der Waals surface area contributed by atoms with Crippen LogP contribution in [0.1, 0.15) is 31.8 Å². The van der Waals surface area contributed by atoms with Gasteiger partial charge < -0.3 is 10.6 Å². The highest BCUT2D eigenvalue weighted by molar-refractivity contribution is 6.05. The Morgan fingerprint density at radius 2 is 0.658 bits per heavy atom. The van der Waals surface area contributed by atoms with Gasteiger partial charge in [-0.05, 0) is 84.6 Å². The van der Waals surface area contributed by atoms with Crippen LogP contribution in [0.25, 0.3) is 22.3 Å². The third-order valence-corrected chi connectivity index (χ3v) is 6.46. The Labute approximate surface area is 223 Å². The smallest absolute Gasteiger partial charge is 0.255 e. The fraction of sp³-hybridized carbons (Fsp3) is 0.0588. The molecular weight excluding hydrogens is 468 g/mol. The van der Waals surface area contributed by atoms with Gasteiger partial charge in [0.05, 0.1) is 0 Å². The summed E-state index contributed by atoms with van der Waals surface area (Å²) in [5, 5.41) is 5.90. The van der Waals surface area contributed by atoms with E-state index in [1.807, 2.05) is 111 Å². The maximum Gasteiger partial charge on any atom is 0.255 e. The molecule has 38 heavy (non-hydrogen) atoms. The minimum Gasteiger partial charge on any atom is -0.322 e. The van der Waals surface area contributed by atoms with Crippen LogP contribution in [0.4, 0.5) is 11.4 Å². The van der Waals surface area contributed by atoms with Gasteiger partial charge in [0.1, 0.15) is 0 Å². The molecule has 0 radical (unpaired) electrons. The SMILES string of the molecule is Cc1ccc(C(=O)Nc2ccc(-c3ccc(-c4ccc(NC(=O)c5ccc(C)cc5)cc4)cc3)cc2)cc1. The molecule has 2 N–H and O–H groups in total. The molecule has 186 valence electrons. The molecule has 2 amide bonds. The number of carbonyl (C=O) groups excluding carboxylic acids is 2. The quantitative estimate of drug-likeness (QED) is 0.249. The Hall–Kier alpha value is -4.96. The molecule has 0 saturated heterocycles. The zero-order valence-corrected chi connectivity index (χ0v) is 21.4. The predicted molar refractivity (Wildman–Crippen MR) is 156 cm³/mol. The first-order chi connectivity index (χ1) is 18.4. The number of hydrogen-bond donors (Lipinski definition) is 2. The lowest BCUT2D eigenvalue weighted by atomic mass is 10.00. The molecule has 4 nitrogen and oxygen atoms in total. The summed E-state index contributed by atoms with van der Waals surface area (Å²) >= 11 is 0. The minimum atomic E-state index is -0.122. The summed E-state index contributed by atoms with van der Waals surface area (Å²) in [5.41, 5.74) is 9.34. The van der Waals surface area contributed by atoms with Crippen molar-refractivity contribution in [1.82, 2.24) is 0 Å². The molecule has 5 aromatic carbocycles. The van der Waals surface area contributed by atoms with Crippen LogP contribution >= 0.6 is 0 Å². The van der Waals surface area contributed by atoms with Crippen molar-refractivity contribution in [3.05, 3.63) is 144 Å². The van der Waals surface area contributed by atoms with Crippen LogP contribution in [0.3, 0.4) is 0 Å². The number of carbonyl (C=O) groups is 2. The molecule has 0 atom stereocenters. The van der Waals surface area contributed by atoms with E-state index in [1.165, 1.54) is 0 Å². The van der Waals surface area contributed by atoms with Gasteiger partial charge in [-0.2, -0.15) is 0 Å². The topological polar surface area (TPSA) is 58.2 Å². The zero-order chi connectivity index (χ0) is 26.5. The van der Waals surface area contributed by atoms with Crippen molar-refractivity contribution < 1.29 is 9.59 Å². The van der Waals surface area contributed by atoms with Gasteiger partial charge in [0, 0.05) is 22.5 Å². The number of benzene rings is 5. The monoisotopic (exact) mass is 496 g/mol. The molecule has 0 saturated carbocycles. The maximum absolute atomic E-state index is 12.5. The van der Waals surface area contributed by atoms with Crippen LogP contribution in [0.15, 0.2) is 121 Å². The number of aryl methyl sites for hydroxylation is 2. The molecule has 0 unspecified atom stereocenters. The van der Waals surface area contributed by atoms with Gasteiger partial charge >= 0.3 is 0 Å². The van der Waals surface area contributed by atoms with Crippen molar-refractivity contribution >= 4 is 23.2 Å². The molecule has 4 heteroatoms. The second kappa shape index (κ2) is 11.0. The van der Waals surface area contributed by atoms with Gasteiger partial charge in [-0.25, -0.2) is 0 Å². The number of nitrogens with one attached hydrogen (secondary N) is 2. The van der Waals surface area contributed by atoms with Crippen LogP contribution in [0.2, 0.25) is 0 Å². The first kappa shape index (κ1) is 24.7. The van der Waals surface area contributed by atoms with E-state index < -0.39 is 0 Å². The van der Waals surface area contributed by atoms with Crippen molar-refractivity contribution in [3.8, 4) is 22.3 Å². The van der Waals surface area contributed by atoms with Crippen molar-refractivity contribution in [2.45, 2.75) is 13.8 Å². The van der Waals surface area contributed by atoms with Gasteiger partial charge in [0.2, 0.25) is 0 Å². The lowest BCUT2D eigenvalue weighted by Crippen LogP contribution is -2.11. The molecular formula is C34H28N2O2. The average Bonchev–Trinajstić information content (AvgIpc) is 2.95. The average molecular weight is 497 g/mol. The first-order valence-electron chi connectivity index (χ1n) is 12.5. The van der Waals surface area contributed by atoms with E-state index in [-0.39, 0.29) is 11.8 Å². The van der Waals surface area contributed by atoms with Crippen LogP contribution in [0.5, 0.6) is 0 Å². The Bertz CT molecular complexity index is 1430. The summed E-state index contributed by atoms with van der Waals surface area (Å²) in [6, 6.07) is 39.1. The minimum absolute atomic E-state index is 0.122. The summed E-state index contributed by atoms with van der Waals surface area (Å²) in [4.78, 5) is 24.9. The molecule has 0 aliphatic rings. The van der Waals surface area contributed by atoms with E-state index >= 15 is 0 Å². The van der Waals surface area contributed by atoms with E-state index in [0.29, 0.717) is 11.1 Å². The summed E-state index contributed by atoms with van der Waals surface area (Å²) in [7, 11) is 0. The lowest BCUT2D eigenvalue weighted by Gasteiger charge is -2.09. The van der Waals surface area contributed by atoms with Crippen LogP contribution < -0.4 is 10.6 Å².